The first-order valence-electron chi connectivity index (χ1n) is 13.8. The molecule has 0 radical (unpaired) electrons. The van der Waals surface area contributed by atoms with E-state index in [-0.39, 0.29) is 0 Å². The molecule has 0 aliphatic heterocycles. The Morgan fingerprint density at radius 2 is 1.10 bits per heavy atom. The molecule has 8 nitrogen and oxygen atoms in total. The maximum absolute atomic E-state index is 4.51. The lowest BCUT2D eigenvalue weighted by Gasteiger charge is -2.11. The summed E-state index contributed by atoms with van der Waals surface area (Å²) in [6.45, 7) is 1.89. The van der Waals surface area contributed by atoms with Gasteiger partial charge in [0.15, 0.2) is 12.4 Å². The van der Waals surface area contributed by atoms with Crippen molar-refractivity contribution in [3.63, 3.8) is 0 Å². The molecule has 4 aromatic rings. The number of aromatic nitrogens is 2. The summed E-state index contributed by atoms with van der Waals surface area (Å²) in [5.74, 6) is 0.870. The maximum atomic E-state index is 4.51. The van der Waals surface area contributed by atoms with E-state index in [9.17, 15) is 0 Å². The Bertz CT molecular complexity index is 1390. The predicted molar refractivity (Wildman–Crippen MR) is 162 cm³/mol. The predicted octanol–water partition coefficient (Wildman–Crippen LogP) is 7.49. The van der Waals surface area contributed by atoms with Crippen molar-refractivity contribution >= 4 is 34.3 Å². The lowest BCUT2D eigenvalue weighted by molar-refractivity contribution is -0.697. The van der Waals surface area contributed by atoms with E-state index in [1.165, 1.54) is 6.42 Å². The molecule has 0 saturated heterocycles. The number of pyridine rings is 2. The molecule has 8 heteroatoms. The molecule has 4 rings (SSSR count). The van der Waals surface area contributed by atoms with Crippen molar-refractivity contribution in [2.45, 2.75) is 38.8 Å². The van der Waals surface area contributed by atoms with Crippen LogP contribution in [0.4, 0.5) is 34.3 Å². The molecule has 206 valence electrons. The van der Waals surface area contributed by atoms with Crippen molar-refractivity contribution < 1.29 is 9.13 Å². The fourth-order valence-corrected chi connectivity index (χ4v) is 4.24. The normalized spacial score (nSPS) is 11.4. The lowest BCUT2D eigenvalue weighted by Crippen LogP contribution is -2.33. The van der Waals surface area contributed by atoms with Crippen LogP contribution < -0.4 is 18.9 Å². The number of hydrogen-bond acceptors (Lipinski definition) is 6. The quantitative estimate of drug-likeness (QED) is 0.101. The summed E-state index contributed by atoms with van der Waals surface area (Å²) in [5.41, 5.74) is 4.84. The van der Waals surface area contributed by atoms with Gasteiger partial charge in [0.05, 0.1) is 23.5 Å². The third-order valence-corrected chi connectivity index (χ3v) is 6.61. The van der Waals surface area contributed by atoms with Crippen LogP contribution in [0.2, 0.25) is 0 Å². The third kappa shape index (κ3) is 8.80. The molecule has 0 fully saturated rings. The van der Waals surface area contributed by atoms with Crippen molar-refractivity contribution in [1.29, 1.82) is 0 Å². The lowest BCUT2D eigenvalue weighted by atomic mass is 10.2. The number of unbranched alkanes of at least 4 members (excludes halogenated alkanes) is 3. The molecule has 2 aromatic carbocycles. The second-order valence-electron chi connectivity index (χ2n) is 10.2. The van der Waals surface area contributed by atoms with E-state index in [1.54, 1.807) is 0 Å². The summed E-state index contributed by atoms with van der Waals surface area (Å²) in [6.07, 6.45) is 10.8. The van der Waals surface area contributed by atoms with Crippen LogP contribution >= 0.6 is 0 Å². The van der Waals surface area contributed by atoms with Crippen LogP contribution in [0.1, 0.15) is 25.7 Å². The average Bonchev–Trinajstić information content (AvgIpc) is 2.98. The highest BCUT2D eigenvalue weighted by molar-refractivity contribution is 5.52. The van der Waals surface area contributed by atoms with E-state index in [0.29, 0.717) is 0 Å². The Balaban J connectivity index is 1.21. The largest absolute Gasteiger partial charge is 0.378 e. The summed E-state index contributed by atoms with van der Waals surface area (Å²) in [5, 5.41) is 17.8. The van der Waals surface area contributed by atoms with Crippen LogP contribution in [0, 0.1) is 0 Å². The van der Waals surface area contributed by atoms with Crippen molar-refractivity contribution in [3.8, 4) is 0 Å². The zero-order valence-corrected chi connectivity index (χ0v) is 24.1. The molecule has 0 atom stereocenters. The number of rotatable bonds is 13. The highest BCUT2D eigenvalue weighted by Crippen LogP contribution is 2.21. The van der Waals surface area contributed by atoms with Crippen LogP contribution in [0.3, 0.4) is 0 Å². The van der Waals surface area contributed by atoms with Crippen LogP contribution in [0.5, 0.6) is 0 Å². The Morgan fingerprint density at radius 3 is 1.73 bits per heavy atom. The summed E-state index contributed by atoms with van der Waals surface area (Å²) < 4.78 is 4.37. The molecule has 2 aromatic heterocycles. The fourth-order valence-electron chi connectivity index (χ4n) is 4.24. The van der Waals surface area contributed by atoms with Gasteiger partial charge in [0.2, 0.25) is 0 Å². The Labute approximate surface area is 238 Å². The van der Waals surface area contributed by atoms with Gasteiger partial charge in [0.1, 0.15) is 17.9 Å². The van der Waals surface area contributed by atoms with Gasteiger partial charge >= 0.3 is 5.82 Å². The van der Waals surface area contributed by atoms with Crippen molar-refractivity contribution in [3.05, 3.63) is 97.5 Å². The maximum Gasteiger partial charge on any atom is 0.350 e. The Hall–Kier alpha value is -4.46. The standard InChI is InChI=1S/C32H40N8/c1-37(2)30-18-14-27(15-19-30)33-35-29-12-11-23-39(26-29)22-8-5-6-9-24-40-25-10-7-13-32(40)36-34-28-16-20-31(21-17-28)38(3)4/h7,10-21,23,25-26H,5-6,8-9,22,24H2,1-4H3/q+2/b35-33+. The van der Waals surface area contributed by atoms with E-state index in [4.69, 9.17) is 0 Å². The highest BCUT2D eigenvalue weighted by atomic mass is 15.2. The van der Waals surface area contributed by atoms with E-state index < -0.39 is 0 Å². The van der Waals surface area contributed by atoms with Crippen molar-refractivity contribution in [2.75, 3.05) is 38.0 Å². The van der Waals surface area contributed by atoms with Gasteiger partial charge in [-0.05, 0) is 85.0 Å². The van der Waals surface area contributed by atoms with E-state index in [2.05, 4.69) is 70.1 Å². The van der Waals surface area contributed by atoms with E-state index in [1.807, 2.05) is 94.9 Å². The number of hydrogen-bond donors (Lipinski definition) is 0. The topological polar surface area (TPSA) is 63.7 Å². The van der Waals surface area contributed by atoms with Gasteiger partial charge in [-0.2, -0.15) is 5.11 Å². The second-order valence-corrected chi connectivity index (χ2v) is 10.2. The van der Waals surface area contributed by atoms with Crippen LogP contribution in [0.25, 0.3) is 0 Å². The fraction of sp³-hybridized carbons (Fsp3) is 0.312. The van der Waals surface area contributed by atoms with Crippen LogP contribution in [-0.4, -0.2) is 28.2 Å². The molecule has 2 heterocycles. The molecule has 0 aliphatic carbocycles. The van der Waals surface area contributed by atoms with Gasteiger partial charge in [0, 0.05) is 58.1 Å². The van der Waals surface area contributed by atoms with Crippen molar-refractivity contribution in [1.82, 2.24) is 0 Å². The van der Waals surface area contributed by atoms with E-state index >= 15 is 0 Å². The van der Waals surface area contributed by atoms with E-state index in [0.717, 1.165) is 66.6 Å². The summed E-state index contributed by atoms with van der Waals surface area (Å²) in [4.78, 5) is 4.14. The molecule has 0 bridgehead atoms. The minimum Gasteiger partial charge on any atom is -0.378 e. The Kier molecular flexibility index (Phi) is 10.4. The van der Waals surface area contributed by atoms with Gasteiger partial charge in [0.25, 0.3) is 0 Å². The highest BCUT2D eigenvalue weighted by Gasteiger charge is 2.09. The summed E-state index contributed by atoms with van der Waals surface area (Å²) >= 11 is 0. The van der Waals surface area contributed by atoms with Gasteiger partial charge in [-0.3, -0.25) is 0 Å². The number of anilines is 2. The zero-order chi connectivity index (χ0) is 28.2. The van der Waals surface area contributed by atoms with Gasteiger partial charge in [-0.25, -0.2) is 9.13 Å². The first-order chi connectivity index (χ1) is 19.5. The number of aryl methyl sites for hydroxylation is 2. The molecule has 0 amide bonds. The molecule has 0 saturated carbocycles. The molecular formula is C32H40N8+2. The van der Waals surface area contributed by atoms with Gasteiger partial charge in [-0.1, -0.05) is 6.07 Å². The first-order valence-corrected chi connectivity index (χ1v) is 13.8. The minimum absolute atomic E-state index is 0.848. The van der Waals surface area contributed by atoms with Crippen molar-refractivity contribution in [2.24, 2.45) is 20.5 Å². The smallest absolute Gasteiger partial charge is 0.350 e. The van der Waals surface area contributed by atoms with Crippen LogP contribution in [0.15, 0.2) is 118 Å². The first kappa shape index (κ1) is 28.5. The number of benzene rings is 2. The monoisotopic (exact) mass is 536 g/mol. The van der Waals surface area contributed by atoms with Gasteiger partial charge in [-0.15, -0.1) is 5.11 Å². The zero-order valence-electron chi connectivity index (χ0n) is 24.1. The third-order valence-electron chi connectivity index (χ3n) is 6.61. The molecule has 0 spiro atoms. The minimum atomic E-state index is 0.848. The summed E-state index contributed by atoms with van der Waals surface area (Å²) in [6, 6.07) is 26.2. The molecule has 0 aliphatic rings. The number of nitrogens with zero attached hydrogens (tertiary/aromatic N) is 8. The summed E-state index contributed by atoms with van der Waals surface area (Å²) in [7, 11) is 8.11. The number of azo groups is 2. The van der Waals surface area contributed by atoms with Crippen LogP contribution in [-0.2, 0) is 13.1 Å². The molecule has 40 heavy (non-hydrogen) atoms. The molecular weight excluding hydrogens is 496 g/mol. The Morgan fingerprint density at radius 1 is 0.525 bits per heavy atom. The molecule has 0 N–H and O–H groups in total. The SMILES string of the molecule is CN(C)c1ccc(/N=N/c2ccc[n+](CCCCCC[n+]3ccccc3/N=N/c3ccc(N(C)C)cc3)c2)cc1. The molecule has 0 unspecified atom stereocenters. The second kappa shape index (κ2) is 14.6. The van der Waals surface area contributed by atoms with Gasteiger partial charge < -0.3 is 9.80 Å². The average molecular weight is 537 g/mol.